The molecule has 0 saturated carbocycles. The predicted octanol–water partition coefficient (Wildman–Crippen LogP) is 2.71. The maximum atomic E-state index is 11.4. The number of nitriles is 1. The van der Waals surface area contributed by atoms with Crippen molar-refractivity contribution in [3.63, 3.8) is 0 Å². The van der Waals surface area contributed by atoms with Gasteiger partial charge in [-0.3, -0.25) is 19.9 Å². The molecule has 0 fully saturated rings. The third kappa shape index (κ3) is 3.22. The van der Waals surface area contributed by atoms with E-state index in [1.807, 2.05) is 19.1 Å². The van der Waals surface area contributed by atoms with Crippen LogP contribution in [-0.2, 0) is 6.54 Å². The number of aromatic amines is 1. The van der Waals surface area contributed by atoms with Crippen LogP contribution in [-0.4, -0.2) is 32.0 Å². The van der Waals surface area contributed by atoms with Crippen molar-refractivity contribution >= 4 is 5.69 Å². The molecule has 4 rings (SSSR count). The molecule has 2 aromatic heterocycles. The zero-order valence-electron chi connectivity index (χ0n) is 18.0. The molecule has 0 radical (unpaired) electrons. The van der Waals surface area contributed by atoms with E-state index >= 15 is 0 Å². The van der Waals surface area contributed by atoms with Gasteiger partial charge in [0.2, 0.25) is 11.8 Å². The molecule has 11 nitrogen and oxygen atoms in total. The van der Waals surface area contributed by atoms with Gasteiger partial charge in [-0.15, -0.1) is 5.10 Å². The lowest BCUT2D eigenvalue weighted by atomic mass is 9.83. The van der Waals surface area contributed by atoms with E-state index in [1.165, 1.54) is 0 Å². The molecule has 1 aromatic carbocycles. The van der Waals surface area contributed by atoms with E-state index in [4.69, 9.17) is 15.2 Å². The number of fused-ring (bicyclic) bond motifs is 1. The van der Waals surface area contributed by atoms with E-state index in [2.05, 4.69) is 21.4 Å². The first-order chi connectivity index (χ1) is 15.3. The minimum atomic E-state index is -0.484. The number of aryl methyl sites for hydroxylation is 2. The Labute approximate surface area is 183 Å². The lowest BCUT2D eigenvalue weighted by molar-refractivity contribution is -0.386. The summed E-state index contributed by atoms with van der Waals surface area (Å²) in [6.45, 7) is 5.36. The average molecular weight is 435 g/mol. The van der Waals surface area contributed by atoms with Crippen LogP contribution in [0.25, 0.3) is 0 Å². The standard InChI is InChI=1S/C21H21N7O4/c1-10-17-18(15(8-22)20(23)32-21(17)25-24-10)13-5-6-16(31-4)14(7-13)9-27-12(3)19(28(29)30)11(2)26-27/h5-7,18H,9,23H2,1-4H3,(H,24,25)/t18-/m1/s1. The molecule has 32 heavy (non-hydrogen) atoms. The minimum absolute atomic E-state index is 0.00281. The number of H-pyrrole nitrogens is 1. The van der Waals surface area contributed by atoms with Crippen LogP contribution >= 0.6 is 0 Å². The molecule has 1 aliphatic rings. The van der Waals surface area contributed by atoms with E-state index in [1.54, 1.807) is 31.7 Å². The van der Waals surface area contributed by atoms with Gasteiger partial charge in [-0.2, -0.15) is 10.4 Å². The van der Waals surface area contributed by atoms with Crippen LogP contribution in [0.2, 0.25) is 0 Å². The summed E-state index contributed by atoms with van der Waals surface area (Å²) in [6, 6.07) is 7.68. The molecule has 0 spiro atoms. The fraction of sp³-hybridized carbons (Fsp3) is 0.286. The molecule has 0 aliphatic carbocycles. The van der Waals surface area contributed by atoms with Crippen molar-refractivity contribution < 1.29 is 14.4 Å². The van der Waals surface area contributed by atoms with Crippen LogP contribution in [0.15, 0.2) is 29.7 Å². The number of aromatic nitrogens is 4. The van der Waals surface area contributed by atoms with Gasteiger partial charge in [0.25, 0.3) is 0 Å². The Kier molecular flexibility index (Phi) is 5.06. The number of rotatable bonds is 5. The number of nitrogens with zero attached hydrogens (tertiary/aromatic N) is 5. The van der Waals surface area contributed by atoms with Crippen LogP contribution < -0.4 is 15.2 Å². The van der Waals surface area contributed by atoms with Gasteiger partial charge in [-0.25, -0.2) is 0 Å². The van der Waals surface area contributed by atoms with E-state index in [-0.39, 0.29) is 23.7 Å². The Hall–Kier alpha value is -4.33. The minimum Gasteiger partial charge on any atom is -0.496 e. The van der Waals surface area contributed by atoms with Crippen molar-refractivity contribution in [3.05, 3.63) is 73.5 Å². The Morgan fingerprint density at radius 3 is 2.78 bits per heavy atom. The Morgan fingerprint density at radius 1 is 1.41 bits per heavy atom. The second kappa shape index (κ2) is 7.73. The molecule has 3 heterocycles. The maximum absolute atomic E-state index is 11.4. The highest BCUT2D eigenvalue weighted by molar-refractivity contribution is 5.56. The van der Waals surface area contributed by atoms with Gasteiger partial charge in [-0.05, 0) is 38.5 Å². The number of nitrogens with one attached hydrogen (secondary N) is 1. The summed E-state index contributed by atoms with van der Waals surface area (Å²) < 4.78 is 12.6. The second-order valence-corrected chi connectivity index (χ2v) is 7.50. The first-order valence-electron chi connectivity index (χ1n) is 9.74. The SMILES string of the molecule is COc1ccc([C@@H]2C(C#N)=C(N)Oc3n[nH]c(C)c32)cc1Cn1nc(C)c([N+](=O)[O-])c1C. The largest absolute Gasteiger partial charge is 0.496 e. The van der Waals surface area contributed by atoms with E-state index in [0.717, 1.165) is 22.4 Å². The van der Waals surface area contributed by atoms with Crippen molar-refractivity contribution in [3.8, 4) is 17.7 Å². The van der Waals surface area contributed by atoms with E-state index in [0.29, 0.717) is 23.0 Å². The molecule has 164 valence electrons. The smallest absolute Gasteiger partial charge is 0.312 e. The molecule has 0 amide bonds. The number of ether oxygens (including phenoxy) is 2. The molecule has 3 N–H and O–H groups in total. The molecule has 11 heteroatoms. The van der Waals surface area contributed by atoms with Crippen molar-refractivity contribution in [1.29, 1.82) is 5.26 Å². The van der Waals surface area contributed by atoms with Crippen LogP contribution in [0.1, 0.15) is 39.7 Å². The molecule has 1 aliphatic heterocycles. The van der Waals surface area contributed by atoms with Gasteiger partial charge in [0.05, 0.1) is 24.5 Å². The number of hydrogen-bond acceptors (Lipinski definition) is 8. The highest BCUT2D eigenvalue weighted by Crippen LogP contribution is 2.43. The lowest BCUT2D eigenvalue weighted by Gasteiger charge is -2.24. The summed E-state index contributed by atoms with van der Waals surface area (Å²) in [5, 5.41) is 32.5. The fourth-order valence-electron chi connectivity index (χ4n) is 4.10. The molecular formula is C21H21N7O4. The third-order valence-corrected chi connectivity index (χ3v) is 5.61. The Balaban J connectivity index is 1.83. The maximum Gasteiger partial charge on any atom is 0.312 e. The molecule has 0 saturated heterocycles. The van der Waals surface area contributed by atoms with Crippen molar-refractivity contribution in [2.24, 2.45) is 5.73 Å². The fourth-order valence-corrected chi connectivity index (χ4v) is 4.10. The summed E-state index contributed by atoms with van der Waals surface area (Å²) in [7, 11) is 1.55. The van der Waals surface area contributed by atoms with E-state index < -0.39 is 10.8 Å². The van der Waals surface area contributed by atoms with Crippen LogP contribution in [0.4, 0.5) is 5.69 Å². The lowest BCUT2D eigenvalue weighted by Crippen LogP contribution is -2.21. The highest BCUT2D eigenvalue weighted by atomic mass is 16.6. The normalized spacial score (nSPS) is 15.2. The highest BCUT2D eigenvalue weighted by Gasteiger charge is 2.34. The first kappa shape index (κ1) is 20.9. The molecule has 1 atom stereocenters. The van der Waals surface area contributed by atoms with Gasteiger partial charge >= 0.3 is 5.69 Å². The number of hydrogen-bond donors (Lipinski definition) is 2. The van der Waals surface area contributed by atoms with Gasteiger partial charge in [0.15, 0.2) is 0 Å². The molecular weight excluding hydrogens is 414 g/mol. The monoisotopic (exact) mass is 435 g/mol. The van der Waals surface area contributed by atoms with Crippen molar-refractivity contribution in [2.45, 2.75) is 33.2 Å². The van der Waals surface area contributed by atoms with Crippen LogP contribution in [0.3, 0.4) is 0 Å². The van der Waals surface area contributed by atoms with Gasteiger partial charge in [0.1, 0.15) is 28.8 Å². The number of nitrogens with two attached hydrogens (primary N) is 1. The van der Waals surface area contributed by atoms with Crippen molar-refractivity contribution in [1.82, 2.24) is 20.0 Å². The molecule has 3 aromatic rings. The van der Waals surface area contributed by atoms with Crippen LogP contribution in [0.5, 0.6) is 11.6 Å². The van der Waals surface area contributed by atoms with Crippen LogP contribution in [0, 0.1) is 42.2 Å². The number of benzene rings is 1. The van der Waals surface area contributed by atoms with E-state index in [9.17, 15) is 15.4 Å². The molecule has 0 bridgehead atoms. The first-order valence-corrected chi connectivity index (χ1v) is 9.74. The van der Waals surface area contributed by atoms with Gasteiger partial charge < -0.3 is 15.2 Å². The number of methoxy groups -OCH3 is 1. The second-order valence-electron chi connectivity index (χ2n) is 7.50. The Bertz CT molecular complexity index is 1310. The predicted molar refractivity (Wildman–Crippen MR) is 113 cm³/mol. The third-order valence-electron chi connectivity index (χ3n) is 5.61. The summed E-state index contributed by atoms with van der Waals surface area (Å²) >= 11 is 0. The zero-order chi connectivity index (χ0) is 23.2. The average Bonchev–Trinajstić information content (AvgIpc) is 3.25. The van der Waals surface area contributed by atoms with Gasteiger partial charge in [-0.1, -0.05) is 6.07 Å². The number of allylic oxidation sites excluding steroid dienone is 1. The topological polar surface area (TPSA) is 158 Å². The summed E-state index contributed by atoms with van der Waals surface area (Å²) in [4.78, 5) is 10.9. The van der Waals surface area contributed by atoms with Gasteiger partial charge in [0, 0.05) is 16.8 Å². The number of nitro groups is 1. The quantitative estimate of drug-likeness (QED) is 0.457. The summed E-state index contributed by atoms with van der Waals surface area (Å²) in [6.07, 6.45) is 0. The Morgan fingerprint density at radius 2 is 2.16 bits per heavy atom. The summed E-state index contributed by atoms with van der Waals surface area (Å²) in [5.74, 6) is 0.441. The summed E-state index contributed by atoms with van der Waals surface area (Å²) in [5.41, 5.74) is 10.1. The van der Waals surface area contributed by atoms with Crippen molar-refractivity contribution in [2.75, 3.05) is 7.11 Å². The zero-order valence-corrected chi connectivity index (χ0v) is 18.0. The molecule has 0 unspecified atom stereocenters.